The average molecular weight is 873 g/mol. The molecule has 0 N–H and O–H groups in total. The van der Waals surface area contributed by atoms with Gasteiger partial charge < -0.3 is 18.8 Å². The number of benzene rings is 8. The van der Waals surface area contributed by atoms with Gasteiger partial charge in [-0.05, 0) is 98.5 Å². The van der Waals surface area contributed by atoms with Gasteiger partial charge in [0.1, 0.15) is 17.3 Å². The van der Waals surface area contributed by atoms with Gasteiger partial charge in [0.15, 0.2) is 8.07 Å². The zero-order valence-corrected chi connectivity index (χ0v) is 37.9. The zero-order valence-electron chi connectivity index (χ0n) is 39.9. The number of pyridine rings is 1. The maximum Gasteiger partial charge on any atom is 0.244 e. The van der Waals surface area contributed by atoms with Crippen molar-refractivity contribution in [3.63, 3.8) is 0 Å². The van der Waals surface area contributed by atoms with Crippen LogP contribution in [0.2, 0.25) is 0 Å². The number of aromatic nitrogens is 4. The van der Waals surface area contributed by atoms with Crippen LogP contribution in [0.5, 0.6) is 11.5 Å². The van der Waals surface area contributed by atoms with Gasteiger partial charge in [0.05, 0.1) is 38.8 Å². The number of imidazole rings is 1. The van der Waals surface area contributed by atoms with Crippen LogP contribution < -0.4 is 35.0 Å². The number of rotatable bonds is 7. The predicted molar refractivity (Wildman–Crippen MR) is 272 cm³/mol. The molecule has 4 heterocycles. The van der Waals surface area contributed by atoms with E-state index in [4.69, 9.17) is 13.8 Å². The van der Waals surface area contributed by atoms with Gasteiger partial charge in [-0.3, -0.25) is 4.57 Å². The van der Waals surface area contributed by atoms with Crippen molar-refractivity contribution in [1.82, 2.24) is 14.1 Å². The van der Waals surface area contributed by atoms with Gasteiger partial charge in [-0.25, -0.2) is 4.98 Å². The van der Waals surface area contributed by atoms with E-state index in [1.54, 1.807) is 0 Å². The Bertz CT molecular complexity index is 3670. The zero-order chi connectivity index (χ0) is 47.1. The molecule has 8 aromatic carbocycles. The molecule has 11 aromatic rings. The summed E-state index contributed by atoms with van der Waals surface area (Å²) in [5, 5.41) is 7.35. The molecule has 0 spiro atoms. The molecule has 0 aliphatic carbocycles. The van der Waals surface area contributed by atoms with Crippen molar-refractivity contribution in [3.05, 3.63) is 224 Å². The summed E-state index contributed by atoms with van der Waals surface area (Å²) >= 11 is 0. The van der Waals surface area contributed by atoms with Crippen LogP contribution in [0.25, 0.3) is 44.3 Å². The van der Waals surface area contributed by atoms with Crippen molar-refractivity contribution in [2.75, 3.05) is 4.90 Å². The van der Waals surface area contributed by atoms with Crippen molar-refractivity contribution in [2.45, 2.75) is 26.2 Å². The van der Waals surface area contributed by atoms with E-state index < -0.39 is 15.0 Å². The Kier molecular flexibility index (Phi) is 8.44. The lowest BCUT2D eigenvalue weighted by Gasteiger charge is -2.45. The topological polar surface area (TPSA) is 39.1 Å². The van der Waals surface area contributed by atoms with Crippen LogP contribution in [0, 0.1) is 6.33 Å². The summed E-state index contributed by atoms with van der Waals surface area (Å²) < 4.78 is 38.2. The Labute approximate surface area is 390 Å². The molecule has 318 valence electrons. The molecule has 0 unspecified atom stereocenters. The van der Waals surface area contributed by atoms with Gasteiger partial charge in [0, 0.05) is 40.1 Å². The highest BCUT2D eigenvalue weighted by Crippen LogP contribution is 2.40. The first-order valence-electron chi connectivity index (χ1n) is 23.9. The molecule has 7 heteroatoms. The van der Waals surface area contributed by atoms with Gasteiger partial charge in [0.25, 0.3) is 0 Å². The highest BCUT2D eigenvalue weighted by molar-refractivity contribution is 7.21. The molecule has 0 saturated carbocycles. The number of para-hydroxylation sites is 3. The first kappa shape index (κ1) is 36.3. The lowest BCUT2D eigenvalue weighted by atomic mass is 9.88. The fourth-order valence-electron chi connectivity index (χ4n) is 10.2. The van der Waals surface area contributed by atoms with E-state index in [0.717, 1.165) is 44.7 Å². The highest BCUT2D eigenvalue weighted by Gasteiger charge is 2.48. The van der Waals surface area contributed by atoms with E-state index in [1.165, 1.54) is 30.9 Å². The summed E-state index contributed by atoms with van der Waals surface area (Å²) in [6.45, 7) is 4.11. The molecular weight excluding hydrogens is 823 g/mol. The maximum atomic E-state index is 8.75. The Morgan fingerprint density at radius 3 is 1.92 bits per heavy atom. The largest absolute Gasteiger partial charge is 0.458 e. The van der Waals surface area contributed by atoms with Crippen molar-refractivity contribution >= 4 is 78.7 Å². The van der Waals surface area contributed by atoms with E-state index >= 15 is 0 Å². The Morgan fingerprint density at radius 1 is 0.561 bits per heavy atom. The maximum absolute atomic E-state index is 8.75. The Hall–Kier alpha value is -8.00. The molecule has 0 amide bonds. The smallest absolute Gasteiger partial charge is 0.244 e. The number of ether oxygens (including phenoxy) is 1. The van der Waals surface area contributed by atoms with Crippen LogP contribution >= 0.6 is 0 Å². The molecule has 1 aliphatic rings. The van der Waals surface area contributed by atoms with E-state index in [-0.39, 0.29) is 5.41 Å². The lowest BCUT2D eigenvalue weighted by Crippen LogP contribution is -2.77. The standard InChI is InChI=1S/C59H47N5OSi/c1-59(2,3)41-34-35-60-58(36-41)64-50-25-12-11-24-48(50)49-32-31-45(39-54(49)64)65-44-19-17-18-42(37-44)62-40-61(4)55-38-43(30-33-51(55)62)63-52-26-13-15-28-56(52)66(46-20-7-5-8-21-46,47-22-9-6-10-23-47)57-29-16-14-27-53(57)63/h5-39H,1-4H3/i4D3. The van der Waals surface area contributed by atoms with Gasteiger partial charge in [-0.1, -0.05) is 154 Å². The molecule has 3 aromatic heterocycles. The van der Waals surface area contributed by atoms with Crippen LogP contribution in [-0.4, -0.2) is 22.2 Å². The number of hydrogen-bond acceptors (Lipinski definition) is 3. The third-order valence-electron chi connectivity index (χ3n) is 13.2. The fourth-order valence-corrected chi connectivity index (χ4v) is 15.3. The quantitative estimate of drug-likeness (QED) is 0.0910. The average Bonchev–Trinajstić information content (AvgIpc) is 3.92. The molecule has 66 heavy (non-hydrogen) atoms. The molecule has 0 saturated heterocycles. The van der Waals surface area contributed by atoms with E-state index in [0.29, 0.717) is 28.2 Å². The lowest BCUT2D eigenvalue weighted by molar-refractivity contribution is -0.649. The number of nitrogens with zero attached hydrogens (tertiary/aromatic N) is 5. The molecule has 0 radical (unpaired) electrons. The molecule has 12 rings (SSSR count). The number of fused-ring (bicyclic) bond motifs is 6. The van der Waals surface area contributed by atoms with Gasteiger partial charge >= 0.3 is 0 Å². The summed E-state index contributed by atoms with van der Waals surface area (Å²) in [7, 11) is -2.83. The van der Waals surface area contributed by atoms with E-state index in [1.807, 2.05) is 53.2 Å². The fraction of sp³-hybridized carbons (Fsp3) is 0.0847. The SMILES string of the molecule is [2H]C([2H])([2H])[n+]1[c-]n(-c2cccc(Oc3ccc4c5ccccc5n(-c5cc(C(C)(C)C)ccn5)c4c3)c2)c2ccc(N3c4ccccc4[Si](c4ccccc4)(c4ccccc4)c4ccccc43)cc21. The molecule has 1 aliphatic heterocycles. The molecule has 0 bridgehead atoms. The van der Waals surface area contributed by atoms with Crippen molar-refractivity contribution < 1.29 is 13.4 Å². The summed E-state index contributed by atoms with van der Waals surface area (Å²) in [4.78, 5) is 7.15. The second-order valence-electron chi connectivity index (χ2n) is 18.1. The van der Waals surface area contributed by atoms with Crippen molar-refractivity contribution in [2.24, 2.45) is 6.98 Å². The predicted octanol–water partition coefficient (Wildman–Crippen LogP) is 11.0. The third-order valence-corrected chi connectivity index (χ3v) is 18.1. The minimum absolute atomic E-state index is 0.0459. The molecule has 6 nitrogen and oxygen atoms in total. The van der Waals surface area contributed by atoms with E-state index in [9.17, 15) is 0 Å². The number of aryl methyl sites for hydroxylation is 1. The summed E-state index contributed by atoms with van der Waals surface area (Å²) in [5.41, 5.74) is 8.11. The summed E-state index contributed by atoms with van der Waals surface area (Å²) in [6, 6.07) is 71.9. The van der Waals surface area contributed by atoms with Gasteiger partial charge in [-0.15, -0.1) is 0 Å². The van der Waals surface area contributed by atoms with Crippen LogP contribution in [0.1, 0.15) is 30.4 Å². The first-order valence-corrected chi connectivity index (χ1v) is 24.4. The molecular formula is C59H47N5OSi. The molecule has 0 fully saturated rings. The number of anilines is 3. The minimum atomic E-state index is -2.83. The monoisotopic (exact) mass is 872 g/mol. The van der Waals surface area contributed by atoms with Crippen molar-refractivity contribution in [3.8, 4) is 23.0 Å². The van der Waals surface area contributed by atoms with Crippen molar-refractivity contribution in [1.29, 1.82) is 0 Å². The van der Waals surface area contributed by atoms with E-state index in [2.05, 4.69) is 200 Å². The summed E-state index contributed by atoms with van der Waals surface area (Å²) in [6.07, 6.45) is 5.12. The summed E-state index contributed by atoms with van der Waals surface area (Å²) in [5.74, 6) is 2.10. The van der Waals surface area contributed by atoms with Crippen LogP contribution in [0.4, 0.5) is 17.1 Å². The molecule has 0 atom stereocenters. The van der Waals surface area contributed by atoms with Gasteiger partial charge in [-0.2, -0.15) is 0 Å². The van der Waals surface area contributed by atoms with Crippen LogP contribution in [0.3, 0.4) is 0 Å². The van der Waals surface area contributed by atoms with Gasteiger partial charge in [0.2, 0.25) is 6.33 Å². The third kappa shape index (κ3) is 6.22. The second kappa shape index (κ2) is 15.3. The second-order valence-corrected chi connectivity index (χ2v) is 21.8. The van der Waals surface area contributed by atoms with Crippen LogP contribution in [-0.2, 0) is 12.4 Å². The first-order chi connectivity index (χ1) is 33.5. The minimum Gasteiger partial charge on any atom is -0.458 e. The van der Waals surface area contributed by atoms with Crippen LogP contribution in [0.15, 0.2) is 212 Å². The normalized spacial score (nSPS) is 14.1. The number of hydrogen-bond donors (Lipinski definition) is 0. The highest BCUT2D eigenvalue weighted by atomic mass is 28.3. The Morgan fingerprint density at radius 2 is 1.21 bits per heavy atom. The Balaban J connectivity index is 0.958.